The summed E-state index contributed by atoms with van der Waals surface area (Å²) in [4.78, 5) is 0. The summed E-state index contributed by atoms with van der Waals surface area (Å²) in [5.41, 5.74) is 0. The molecule has 0 aliphatic carbocycles. The molecule has 0 spiro atoms. The maximum Gasteiger partial charge on any atom is 0.198 e. The second-order valence-electron chi connectivity index (χ2n) is 3.19. The van der Waals surface area contributed by atoms with Crippen molar-refractivity contribution in [2.24, 2.45) is 0 Å². The molecule has 2 aromatic carbocycles. The van der Waals surface area contributed by atoms with Crippen molar-refractivity contribution in [3.8, 4) is 0 Å². The monoisotopic (exact) mass is 300 g/mol. The first-order valence-electron chi connectivity index (χ1n) is 4.31. The van der Waals surface area contributed by atoms with Gasteiger partial charge in [0.25, 0.3) is 0 Å². The van der Waals surface area contributed by atoms with E-state index in [1.54, 1.807) is 0 Å². The second kappa shape index (κ2) is 4.60. The summed E-state index contributed by atoms with van der Waals surface area (Å²) in [6.45, 7) is -1.80. The minimum Gasteiger partial charge on any atom is -0.203 e. The van der Waals surface area contributed by atoms with Crippen LogP contribution < -0.4 is 5.30 Å². The van der Waals surface area contributed by atoms with E-state index in [1.807, 2.05) is 0 Å². The van der Waals surface area contributed by atoms with Gasteiger partial charge in [-0.15, -0.1) is 0 Å². The number of benzene rings is 2. The standard InChI is InChI=1S/C10H3Cl2F4P/c11-17(12)5-3-1-2-4-6(5)8(14)10(16)9(15)7(4)13/h1-3H. The van der Waals surface area contributed by atoms with Crippen molar-refractivity contribution in [2.45, 2.75) is 0 Å². The lowest BCUT2D eigenvalue weighted by Crippen LogP contribution is -2.06. The Morgan fingerprint density at radius 3 is 2.00 bits per heavy atom. The molecule has 90 valence electrons. The third-order valence-electron chi connectivity index (χ3n) is 2.26. The van der Waals surface area contributed by atoms with Gasteiger partial charge in [0.2, 0.25) is 0 Å². The van der Waals surface area contributed by atoms with Crippen LogP contribution in [0.4, 0.5) is 17.6 Å². The molecular weight excluding hydrogens is 298 g/mol. The molecule has 17 heavy (non-hydrogen) atoms. The van der Waals surface area contributed by atoms with Gasteiger partial charge in [-0.3, -0.25) is 0 Å². The summed E-state index contributed by atoms with van der Waals surface area (Å²) >= 11 is 11.2. The van der Waals surface area contributed by atoms with Gasteiger partial charge in [-0.1, -0.05) is 40.7 Å². The molecule has 0 nitrogen and oxygen atoms in total. The molecule has 2 aromatic rings. The lowest BCUT2D eigenvalue weighted by molar-refractivity contribution is 0.418. The molecule has 0 fully saturated rings. The van der Waals surface area contributed by atoms with Crippen LogP contribution in [0.5, 0.6) is 0 Å². The average molecular weight is 301 g/mol. The zero-order chi connectivity index (χ0) is 12.7. The summed E-state index contributed by atoms with van der Waals surface area (Å²) in [5, 5.41) is -0.746. The van der Waals surface area contributed by atoms with E-state index in [0.29, 0.717) is 0 Å². The Balaban J connectivity index is 3.01. The van der Waals surface area contributed by atoms with Gasteiger partial charge >= 0.3 is 0 Å². The van der Waals surface area contributed by atoms with E-state index in [1.165, 1.54) is 12.1 Å². The third-order valence-corrected chi connectivity index (χ3v) is 4.09. The molecule has 0 aromatic heterocycles. The van der Waals surface area contributed by atoms with Crippen molar-refractivity contribution in [1.29, 1.82) is 0 Å². The Bertz CT molecular complexity index is 601. The van der Waals surface area contributed by atoms with Gasteiger partial charge < -0.3 is 0 Å². The van der Waals surface area contributed by atoms with E-state index in [2.05, 4.69) is 0 Å². The fourth-order valence-corrected chi connectivity index (χ4v) is 2.95. The molecule has 7 heteroatoms. The average Bonchev–Trinajstić information content (AvgIpc) is 2.32. The number of hydrogen-bond acceptors (Lipinski definition) is 0. The summed E-state index contributed by atoms with van der Waals surface area (Å²) in [6.07, 6.45) is 0. The molecule has 0 N–H and O–H groups in total. The molecule has 0 amide bonds. The lowest BCUT2D eigenvalue weighted by Gasteiger charge is -2.09. The number of fused-ring (bicyclic) bond motifs is 1. The Labute approximate surface area is 104 Å². The van der Waals surface area contributed by atoms with Crippen molar-refractivity contribution in [3.63, 3.8) is 0 Å². The minimum absolute atomic E-state index is 0.0520. The first-order valence-corrected chi connectivity index (χ1v) is 7.46. The van der Waals surface area contributed by atoms with E-state index < -0.39 is 35.3 Å². The first kappa shape index (κ1) is 12.9. The van der Waals surface area contributed by atoms with Crippen LogP contribution in [0, 0.1) is 23.3 Å². The highest BCUT2D eigenvalue weighted by atomic mass is 35.9. The first-order chi connectivity index (χ1) is 7.95. The number of rotatable bonds is 1. The van der Waals surface area contributed by atoms with Gasteiger partial charge in [0.1, 0.15) is 6.63 Å². The number of halogens is 6. The van der Waals surface area contributed by atoms with Gasteiger partial charge in [-0.2, -0.15) is 0 Å². The Kier molecular flexibility index (Phi) is 3.48. The highest BCUT2D eigenvalue weighted by molar-refractivity contribution is 8.09. The molecule has 0 heterocycles. The van der Waals surface area contributed by atoms with E-state index >= 15 is 0 Å². The second-order valence-corrected chi connectivity index (χ2v) is 6.68. The number of hydrogen-bond donors (Lipinski definition) is 0. The molecule has 2 rings (SSSR count). The van der Waals surface area contributed by atoms with E-state index in [4.69, 9.17) is 22.5 Å². The quantitative estimate of drug-likeness (QED) is 0.307. The topological polar surface area (TPSA) is 0 Å². The van der Waals surface area contributed by atoms with Crippen LogP contribution in [0.2, 0.25) is 0 Å². The van der Waals surface area contributed by atoms with Crippen LogP contribution in [0.15, 0.2) is 18.2 Å². The fourth-order valence-electron chi connectivity index (χ4n) is 1.52. The molecule has 0 saturated heterocycles. The highest BCUT2D eigenvalue weighted by Crippen LogP contribution is 2.47. The summed E-state index contributed by atoms with van der Waals surface area (Å²) in [6, 6.07) is 3.82. The molecule has 0 atom stereocenters. The van der Waals surface area contributed by atoms with E-state index in [-0.39, 0.29) is 10.7 Å². The molecule has 0 aliphatic rings. The Morgan fingerprint density at radius 1 is 0.824 bits per heavy atom. The van der Waals surface area contributed by atoms with E-state index in [0.717, 1.165) is 6.07 Å². The van der Waals surface area contributed by atoms with Crippen molar-refractivity contribution in [2.75, 3.05) is 0 Å². The van der Waals surface area contributed by atoms with Gasteiger partial charge in [0.15, 0.2) is 23.3 Å². The minimum atomic E-state index is -1.87. The Hall–Kier alpha value is -0.570. The Morgan fingerprint density at radius 2 is 1.41 bits per heavy atom. The largest absolute Gasteiger partial charge is 0.203 e. The zero-order valence-corrected chi connectivity index (χ0v) is 10.4. The van der Waals surface area contributed by atoms with Gasteiger partial charge in [-0.05, 0) is 0 Å². The maximum absolute atomic E-state index is 13.6. The predicted octanol–water partition coefficient (Wildman–Crippen LogP) is 4.81. The molecule has 0 radical (unpaired) electrons. The highest BCUT2D eigenvalue weighted by Gasteiger charge is 2.23. The summed E-state index contributed by atoms with van der Waals surface area (Å²) in [5.74, 6) is -6.65. The van der Waals surface area contributed by atoms with Crippen LogP contribution in [0.1, 0.15) is 0 Å². The van der Waals surface area contributed by atoms with Crippen molar-refractivity contribution in [1.82, 2.24) is 0 Å². The SMILES string of the molecule is Fc1c(F)c(F)c2c(P(Cl)Cl)cccc2c1F. The predicted molar refractivity (Wildman–Crippen MR) is 62.0 cm³/mol. The van der Waals surface area contributed by atoms with E-state index in [9.17, 15) is 17.6 Å². The molecule has 0 aliphatic heterocycles. The summed E-state index contributed by atoms with van der Waals surface area (Å²) in [7, 11) is 0. The summed E-state index contributed by atoms with van der Waals surface area (Å²) < 4.78 is 53.1. The van der Waals surface area contributed by atoms with Crippen molar-refractivity contribution in [3.05, 3.63) is 41.5 Å². The normalized spacial score (nSPS) is 11.5. The van der Waals surface area contributed by atoms with Crippen LogP contribution in [0.3, 0.4) is 0 Å². The van der Waals surface area contributed by atoms with Crippen LogP contribution in [-0.2, 0) is 0 Å². The van der Waals surface area contributed by atoms with Crippen molar-refractivity contribution >= 4 is 45.2 Å². The third kappa shape index (κ3) is 1.99. The van der Waals surface area contributed by atoms with Crippen molar-refractivity contribution < 1.29 is 17.6 Å². The smallest absolute Gasteiger partial charge is 0.198 e. The molecular formula is C10H3Cl2F4P. The van der Waals surface area contributed by atoms with Gasteiger partial charge in [0, 0.05) is 16.1 Å². The van der Waals surface area contributed by atoms with Gasteiger partial charge in [-0.25, -0.2) is 17.6 Å². The molecule has 0 bridgehead atoms. The molecule has 0 unspecified atom stereocenters. The zero-order valence-electron chi connectivity index (χ0n) is 7.95. The van der Waals surface area contributed by atoms with Crippen LogP contribution >= 0.6 is 29.1 Å². The van der Waals surface area contributed by atoms with Crippen LogP contribution in [-0.4, -0.2) is 0 Å². The van der Waals surface area contributed by atoms with Crippen LogP contribution in [0.25, 0.3) is 10.8 Å². The maximum atomic E-state index is 13.6. The lowest BCUT2D eigenvalue weighted by atomic mass is 10.1. The fraction of sp³-hybridized carbons (Fsp3) is 0. The molecule has 0 saturated carbocycles. The van der Waals surface area contributed by atoms with Gasteiger partial charge in [0.05, 0.1) is 0 Å².